The van der Waals surface area contributed by atoms with Gasteiger partial charge >= 0.3 is 0 Å². The number of amides is 1. The summed E-state index contributed by atoms with van der Waals surface area (Å²) in [5.74, 6) is 0.240. The maximum absolute atomic E-state index is 12.8. The fourth-order valence-corrected chi connectivity index (χ4v) is 4.41. The second-order valence-corrected chi connectivity index (χ2v) is 8.98. The first-order valence-electron chi connectivity index (χ1n) is 10.6. The van der Waals surface area contributed by atoms with Gasteiger partial charge in [0.05, 0.1) is 6.42 Å². The Morgan fingerprint density at radius 3 is 2.21 bits per heavy atom. The molecule has 0 saturated carbocycles. The normalized spacial score (nSPS) is 20.7. The zero-order valence-corrected chi connectivity index (χ0v) is 17.6. The molecule has 3 heterocycles. The standard InChI is InChI=1S/C22H32N6O/c1-22(16-26-13-11-25(2)12-14-26)7-9-27(10-8-22)21(29)15-19-3-5-20(6-4-19)28-17-23-24-18-28/h3-6,17-18H,7-16H2,1-2H3. The predicted molar refractivity (Wildman–Crippen MR) is 113 cm³/mol. The first kappa shape index (κ1) is 20.0. The molecule has 7 heteroatoms. The van der Waals surface area contributed by atoms with Crippen molar-refractivity contribution in [1.29, 1.82) is 0 Å². The highest BCUT2D eigenvalue weighted by molar-refractivity contribution is 5.79. The van der Waals surface area contributed by atoms with E-state index in [-0.39, 0.29) is 5.91 Å². The third-order valence-electron chi connectivity index (χ3n) is 6.53. The molecule has 2 aliphatic heterocycles. The molecule has 0 spiro atoms. The first-order chi connectivity index (χ1) is 14.0. The van der Waals surface area contributed by atoms with Gasteiger partial charge in [-0.2, -0.15) is 0 Å². The average Bonchev–Trinajstić information content (AvgIpc) is 3.25. The van der Waals surface area contributed by atoms with E-state index >= 15 is 0 Å². The Morgan fingerprint density at radius 1 is 0.966 bits per heavy atom. The molecular formula is C22H32N6O. The van der Waals surface area contributed by atoms with Crippen LogP contribution < -0.4 is 0 Å². The minimum absolute atomic E-state index is 0.240. The van der Waals surface area contributed by atoms with Crippen molar-refractivity contribution >= 4 is 5.91 Å². The molecule has 2 fully saturated rings. The minimum Gasteiger partial charge on any atom is -0.342 e. The largest absolute Gasteiger partial charge is 0.342 e. The quantitative estimate of drug-likeness (QED) is 0.770. The molecule has 2 aliphatic rings. The SMILES string of the molecule is CN1CCN(CC2(C)CCN(C(=O)Cc3ccc(-n4cnnc4)cc3)CC2)CC1. The molecule has 29 heavy (non-hydrogen) atoms. The van der Waals surface area contributed by atoms with Crippen molar-refractivity contribution in [2.24, 2.45) is 5.41 Å². The highest BCUT2D eigenvalue weighted by Crippen LogP contribution is 2.32. The van der Waals surface area contributed by atoms with Crippen LogP contribution in [-0.4, -0.2) is 88.2 Å². The van der Waals surface area contributed by atoms with Gasteiger partial charge in [-0.15, -0.1) is 10.2 Å². The Balaban J connectivity index is 1.26. The van der Waals surface area contributed by atoms with Crippen molar-refractivity contribution in [3.63, 3.8) is 0 Å². The molecule has 2 aromatic rings. The van der Waals surface area contributed by atoms with Gasteiger partial charge in [0.2, 0.25) is 5.91 Å². The third-order valence-corrected chi connectivity index (χ3v) is 6.53. The van der Waals surface area contributed by atoms with E-state index in [0.717, 1.165) is 56.8 Å². The number of piperazine rings is 1. The van der Waals surface area contributed by atoms with Crippen LogP contribution in [0.25, 0.3) is 5.69 Å². The van der Waals surface area contributed by atoms with Crippen LogP contribution in [0.2, 0.25) is 0 Å². The number of nitrogens with zero attached hydrogens (tertiary/aromatic N) is 6. The second-order valence-electron chi connectivity index (χ2n) is 8.98. The van der Waals surface area contributed by atoms with Crippen molar-refractivity contribution in [3.8, 4) is 5.69 Å². The lowest BCUT2D eigenvalue weighted by Gasteiger charge is -2.44. The summed E-state index contributed by atoms with van der Waals surface area (Å²) in [6.07, 6.45) is 6.01. The van der Waals surface area contributed by atoms with Crippen LogP contribution in [0.4, 0.5) is 0 Å². The molecule has 2 saturated heterocycles. The number of likely N-dealkylation sites (tertiary alicyclic amines) is 1. The molecule has 0 unspecified atom stereocenters. The van der Waals surface area contributed by atoms with Gasteiger partial charge < -0.3 is 14.7 Å². The minimum atomic E-state index is 0.240. The van der Waals surface area contributed by atoms with E-state index in [1.165, 1.54) is 13.1 Å². The van der Waals surface area contributed by atoms with E-state index in [4.69, 9.17) is 0 Å². The molecule has 0 atom stereocenters. The molecule has 7 nitrogen and oxygen atoms in total. The molecule has 0 aliphatic carbocycles. The summed E-state index contributed by atoms with van der Waals surface area (Å²) in [6.45, 7) is 9.97. The van der Waals surface area contributed by atoms with Crippen LogP contribution in [0.5, 0.6) is 0 Å². The van der Waals surface area contributed by atoms with Gasteiger partial charge in [-0.1, -0.05) is 19.1 Å². The Morgan fingerprint density at radius 2 is 1.59 bits per heavy atom. The van der Waals surface area contributed by atoms with E-state index < -0.39 is 0 Å². The van der Waals surface area contributed by atoms with Crippen molar-refractivity contribution in [2.45, 2.75) is 26.2 Å². The van der Waals surface area contributed by atoms with E-state index in [2.05, 4.69) is 38.9 Å². The van der Waals surface area contributed by atoms with Crippen LogP contribution in [0.15, 0.2) is 36.9 Å². The van der Waals surface area contributed by atoms with E-state index in [0.29, 0.717) is 11.8 Å². The lowest BCUT2D eigenvalue weighted by atomic mass is 9.79. The highest BCUT2D eigenvalue weighted by Gasteiger charge is 2.33. The van der Waals surface area contributed by atoms with E-state index in [1.807, 2.05) is 28.8 Å². The molecular weight excluding hydrogens is 364 g/mol. The number of aromatic nitrogens is 3. The number of hydrogen-bond acceptors (Lipinski definition) is 5. The summed E-state index contributed by atoms with van der Waals surface area (Å²) in [5, 5.41) is 7.66. The van der Waals surface area contributed by atoms with Crippen molar-refractivity contribution in [3.05, 3.63) is 42.5 Å². The lowest BCUT2D eigenvalue weighted by molar-refractivity contribution is -0.132. The van der Waals surface area contributed by atoms with Crippen LogP contribution in [0, 0.1) is 5.41 Å². The van der Waals surface area contributed by atoms with Gasteiger partial charge in [0, 0.05) is 51.5 Å². The Kier molecular flexibility index (Phi) is 5.96. The molecule has 1 aromatic carbocycles. The summed E-state index contributed by atoms with van der Waals surface area (Å²) in [4.78, 5) is 19.9. The molecule has 1 aromatic heterocycles. The summed E-state index contributed by atoms with van der Waals surface area (Å²) in [5.41, 5.74) is 2.38. The van der Waals surface area contributed by atoms with Gasteiger partial charge in [0.15, 0.2) is 0 Å². The maximum atomic E-state index is 12.8. The van der Waals surface area contributed by atoms with Crippen molar-refractivity contribution in [2.75, 3.05) is 52.9 Å². The van der Waals surface area contributed by atoms with Gasteiger partial charge in [-0.25, -0.2) is 0 Å². The lowest BCUT2D eigenvalue weighted by Crippen LogP contribution is -2.51. The van der Waals surface area contributed by atoms with E-state index in [9.17, 15) is 4.79 Å². The first-order valence-corrected chi connectivity index (χ1v) is 10.6. The monoisotopic (exact) mass is 396 g/mol. The topological polar surface area (TPSA) is 57.5 Å². The van der Waals surface area contributed by atoms with Gasteiger partial charge in [-0.3, -0.25) is 9.36 Å². The number of piperidine rings is 1. The van der Waals surface area contributed by atoms with Crippen molar-refractivity contribution < 1.29 is 4.79 Å². The molecule has 0 N–H and O–H groups in total. The van der Waals surface area contributed by atoms with Gasteiger partial charge in [0.25, 0.3) is 0 Å². The average molecular weight is 397 g/mol. The Hall–Kier alpha value is -2.25. The maximum Gasteiger partial charge on any atom is 0.226 e. The van der Waals surface area contributed by atoms with Gasteiger partial charge in [0.1, 0.15) is 12.7 Å². The van der Waals surface area contributed by atoms with E-state index in [1.54, 1.807) is 12.7 Å². The summed E-state index contributed by atoms with van der Waals surface area (Å²) in [7, 11) is 2.20. The number of likely N-dealkylation sites (N-methyl/N-ethyl adjacent to an activating group) is 1. The van der Waals surface area contributed by atoms with Gasteiger partial charge in [-0.05, 0) is 43.0 Å². The number of carbonyl (C=O) groups is 1. The second kappa shape index (κ2) is 8.63. The molecule has 1 amide bonds. The third kappa shape index (κ3) is 5.03. The highest BCUT2D eigenvalue weighted by atomic mass is 16.2. The predicted octanol–water partition coefficient (Wildman–Crippen LogP) is 1.69. The molecule has 0 radical (unpaired) electrons. The number of benzene rings is 1. The smallest absolute Gasteiger partial charge is 0.226 e. The Bertz CT molecular complexity index is 787. The molecule has 156 valence electrons. The van der Waals surface area contributed by atoms with Crippen LogP contribution >= 0.6 is 0 Å². The zero-order chi connectivity index (χ0) is 20.3. The van der Waals surface area contributed by atoms with Crippen LogP contribution in [0.1, 0.15) is 25.3 Å². The summed E-state index contributed by atoms with van der Waals surface area (Å²) < 4.78 is 1.86. The Labute approximate surface area is 173 Å². The molecule has 0 bridgehead atoms. The number of hydrogen-bond donors (Lipinski definition) is 0. The number of rotatable bonds is 5. The number of carbonyl (C=O) groups excluding carboxylic acids is 1. The zero-order valence-electron chi connectivity index (χ0n) is 17.6. The fourth-order valence-electron chi connectivity index (χ4n) is 4.41. The van der Waals surface area contributed by atoms with Crippen molar-refractivity contribution in [1.82, 2.24) is 29.5 Å². The summed E-state index contributed by atoms with van der Waals surface area (Å²) in [6, 6.07) is 8.06. The molecule has 4 rings (SSSR count). The fraction of sp³-hybridized carbons (Fsp3) is 0.591. The van der Waals surface area contributed by atoms with Crippen LogP contribution in [0.3, 0.4) is 0 Å². The summed E-state index contributed by atoms with van der Waals surface area (Å²) >= 11 is 0. The van der Waals surface area contributed by atoms with Crippen LogP contribution in [-0.2, 0) is 11.2 Å².